The number of fused-ring (bicyclic) bond motifs is 1. The van der Waals surface area contributed by atoms with Gasteiger partial charge in [-0.2, -0.15) is 0 Å². The molecule has 0 aliphatic carbocycles. The quantitative estimate of drug-likeness (QED) is 0.927. The van der Waals surface area contributed by atoms with Crippen LogP contribution in [0.2, 0.25) is 0 Å². The number of nitrogens with zero attached hydrogens (tertiary/aromatic N) is 1. The first-order valence-electron chi connectivity index (χ1n) is 8.36. The normalized spacial score (nSPS) is 21.7. The lowest BCUT2D eigenvalue weighted by molar-refractivity contribution is -0.139. The lowest BCUT2D eigenvalue weighted by atomic mass is 9.89. The zero-order valence-electron chi connectivity index (χ0n) is 13.2. The van der Waals surface area contributed by atoms with Crippen molar-refractivity contribution in [3.8, 4) is 0 Å². The Bertz CT molecular complexity index is 580. The van der Waals surface area contributed by atoms with Gasteiger partial charge in [-0.3, -0.25) is 9.59 Å². The van der Waals surface area contributed by atoms with Gasteiger partial charge in [0.15, 0.2) is 0 Å². The van der Waals surface area contributed by atoms with Crippen molar-refractivity contribution in [2.24, 2.45) is 5.92 Å². The van der Waals surface area contributed by atoms with Crippen molar-refractivity contribution in [2.45, 2.75) is 38.0 Å². The number of rotatable bonds is 4. The predicted molar refractivity (Wildman–Crippen MR) is 86.6 cm³/mol. The number of amides is 1. The largest absolute Gasteiger partial charge is 0.481 e. The molecule has 1 unspecified atom stereocenters. The van der Waals surface area contributed by atoms with Gasteiger partial charge in [-0.15, -0.1) is 0 Å². The molecule has 0 saturated carbocycles. The molecular weight excluding hydrogens is 294 g/mol. The summed E-state index contributed by atoms with van der Waals surface area (Å²) in [7, 11) is 0. The number of para-hydroxylation sites is 1. The highest BCUT2D eigenvalue weighted by atomic mass is 16.5. The van der Waals surface area contributed by atoms with Crippen molar-refractivity contribution in [2.75, 3.05) is 24.7 Å². The van der Waals surface area contributed by atoms with E-state index in [2.05, 4.69) is 0 Å². The highest BCUT2D eigenvalue weighted by Crippen LogP contribution is 2.36. The Kier molecular flexibility index (Phi) is 4.96. The molecule has 1 aromatic carbocycles. The van der Waals surface area contributed by atoms with Gasteiger partial charge in [0.05, 0.1) is 5.92 Å². The molecule has 1 fully saturated rings. The molecule has 1 saturated heterocycles. The Morgan fingerprint density at radius 3 is 2.65 bits per heavy atom. The van der Waals surface area contributed by atoms with E-state index in [9.17, 15) is 14.7 Å². The average Bonchev–Trinajstić information content (AvgIpc) is 2.59. The number of carboxylic acid groups (broad SMARTS) is 1. The molecule has 2 heterocycles. The minimum atomic E-state index is -0.813. The van der Waals surface area contributed by atoms with Crippen LogP contribution in [0.4, 0.5) is 5.69 Å². The van der Waals surface area contributed by atoms with E-state index < -0.39 is 11.9 Å². The van der Waals surface area contributed by atoms with Gasteiger partial charge < -0.3 is 14.7 Å². The Balaban J connectivity index is 1.68. The second-order valence-electron chi connectivity index (χ2n) is 6.38. The first kappa shape index (κ1) is 16.0. The molecule has 23 heavy (non-hydrogen) atoms. The fourth-order valence-electron chi connectivity index (χ4n) is 3.58. The topological polar surface area (TPSA) is 66.8 Å². The number of ether oxygens (including phenoxy) is 1. The summed E-state index contributed by atoms with van der Waals surface area (Å²) in [5.74, 6) is -0.648. The van der Waals surface area contributed by atoms with Crippen LogP contribution >= 0.6 is 0 Å². The smallest absolute Gasteiger partial charge is 0.311 e. The fraction of sp³-hybridized carbons (Fsp3) is 0.556. The minimum Gasteiger partial charge on any atom is -0.481 e. The summed E-state index contributed by atoms with van der Waals surface area (Å²) in [5, 5.41) is 9.37. The number of carbonyl (C=O) groups is 2. The van der Waals surface area contributed by atoms with Crippen LogP contribution in [0.5, 0.6) is 0 Å². The molecule has 5 heteroatoms. The summed E-state index contributed by atoms with van der Waals surface area (Å²) >= 11 is 0. The monoisotopic (exact) mass is 317 g/mol. The number of hydrogen-bond donors (Lipinski definition) is 1. The molecule has 1 aromatic rings. The van der Waals surface area contributed by atoms with E-state index in [4.69, 9.17) is 4.74 Å². The van der Waals surface area contributed by atoms with Crippen LogP contribution in [0.3, 0.4) is 0 Å². The zero-order chi connectivity index (χ0) is 16.2. The van der Waals surface area contributed by atoms with Gasteiger partial charge in [0, 0.05) is 31.9 Å². The Labute approximate surface area is 136 Å². The molecule has 0 radical (unpaired) electrons. The molecule has 2 aliphatic rings. The molecule has 5 nitrogen and oxygen atoms in total. The van der Waals surface area contributed by atoms with E-state index in [1.165, 1.54) is 0 Å². The molecule has 1 atom stereocenters. The third-order valence-corrected chi connectivity index (χ3v) is 4.95. The van der Waals surface area contributed by atoms with Gasteiger partial charge in [-0.05, 0) is 43.2 Å². The number of aliphatic carboxylic acids is 1. The van der Waals surface area contributed by atoms with Crippen LogP contribution in [0.15, 0.2) is 24.3 Å². The van der Waals surface area contributed by atoms with Gasteiger partial charge >= 0.3 is 5.97 Å². The number of carbonyl (C=O) groups excluding carboxylic acids is 1. The van der Waals surface area contributed by atoms with Gasteiger partial charge in [-0.1, -0.05) is 18.2 Å². The summed E-state index contributed by atoms with van der Waals surface area (Å²) in [6, 6.07) is 7.38. The first-order valence-corrected chi connectivity index (χ1v) is 8.36. The van der Waals surface area contributed by atoms with Crippen LogP contribution in [-0.2, 0) is 14.3 Å². The SMILES string of the molecule is O=C(O)C1CCN(C(=O)CCC2CCOCC2)c2ccccc21. The van der Waals surface area contributed by atoms with E-state index >= 15 is 0 Å². The second-order valence-corrected chi connectivity index (χ2v) is 6.38. The van der Waals surface area contributed by atoms with Gasteiger partial charge in [-0.25, -0.2) is 0 Å². The lowest BCUT2D eigenvalue weighted by Gasteiger charge is -2.33. The third kappa shape index (κ3) is 3.55. The molecule has 124 valence electrons. The Morgan fingerprint density at radius 1 is 1.17 bits per heavy atom. The van der Waals surface area contributed by atoms with Crippen molar-refractivity contribution in [1.29, 1.82) is 0 Å². The maximum atomic E-state index is 12.6. The Hall–Kier alpha value is -1.88. The molecule has 0 aromatic heterocycles. The highest BCUT2D eigenvalue weighted by molar-refractivity contribution is 5.96. The molecule has 0 bridgehead atoms. The minimum absolute atomic E-state index is 0.104. The summed E-state index contributed by atoms with van der Waals surface area (Å²) in [6.45, 7) is 2.08. The van der Waals surface area contributed by atoms with E-state index in [1.54, 1.807) is 4.90 Å². The molecule has 0 spiro atoms. The number of benzene rings is 1. The van der Waals surface area contributed by atoms with Crippen LogP contribution < -0.4 is 4.90 Å². The number of hydrogen-bond acceptors (Lipinski definition) is 3. The van der Waals surface area contributed by atoms with Gasteiger partial charge in [0.1, 0.15) is 0 Å². The number of anilines is 1. The summed E-state index contributed by atoms with van der Waals surface area (Å²) in [5.41, 5.74) is 1.52. The highest BCUT2D eigenvalue weighted by Gasteiger charge is 2.32. The van der Waals surface area contributed by atoms with E-state index in [0.717, 1.165) is 43.7 Å². The average molecular weight is 317 g/mol. The van der Waals surface area contributed by atoms with Crippen LogP contribution in [0.25, 0.3) is 0 Å². The Morgan fingerprint density at radius 2 is 1.91 bits per heavy atom. The van der Waals surface area contributed by atoms with Crippen molar-refractivity contribution in [1.82, 2.24) is 0 Å². The standard InChI is InChI=1S/C18H23NO4/c20-17(6-5-13-8-11-23-12-9-13)19-10-7-15(18(21)22)14-3-1-2-4-16(14)19/h1-4,13,15H,5-12H2,(H,21,22). The molecular formula is C18H23NO4. The van der Waals surface area contributed by atoms with Crippen LogP contribution in [0.1, 0.15) is 43.6 Å². The van der Waals surface area contributed by atoms with Crippen molar-refractivity contribution in [3.63, 3.8) is 0 Å². The maximum Gasteiger partial charge on any atom is 0.311 e. The molecule has 1 N–H and O–H groups in total. The number of carboxylic acids is 1. The van der Waals surface area contributed by atoms with Crippen molar-refractivity contribution >= 4 is 17.6 Å². The first-order chi connectivity index (χ1) is 11.2. The van der Waals surface area contributed by atoms with Crippen molar-refractivity contribution in [3.05, 3.63) is 29.8 Å². The lowest BCUT2D eigenvalue weighted by Crippen LogP contribution is -2.38. The summed E-state index contributed by atoms with van der Waals surface area (Å²) in [6.07, 6.45) is 3.96. The van der Waals surface area contributed by atoms with E-state index in [1.807, 2.05) is 24.3 Å². The third-order valence-electron chi connectivity index (χ3n) is 4.95. The van der Waals surface area contributed by atoms with Crippen molar-refractivity contribution < 1.29 is 19.4 Å². The van der Waals surface area contributed by atoms with Gasteiger partial charge in [0.2, 0.25) is 5.91 Å². The summed E-state index contributed by atoms with van der Waals surface area (Å²) < 4.78 is 5.35. The summed E-state index contributed by atoms with van der Waals surface area (Å²) in [4.78, 5) is 25.8. The second kappa shape index (κ2) is 7.13. The maximum absolute atomic E-state index is 12.6. The molecule has 2 aliphatic heterocycles. The predicted octanol–water partition coefficient (Wildman–Crippen LogP) is 2.80. The molecule has 3 rings (SSSR count). The van der Waals surface area contributed by atoms with E-state index in [0.29, 0.717) is 25.3 Å². The molecule has 1 amide bonds. The fourth-order valence-corrected chi connectivity index (χ4v) is 3.58. The van der Waals surface area contributed by atoms with E-state index in [-0.39, 0.29) is 5.91 Å². The van der Waals surface area contributed by atoms with Crippen LogP contribution in [0, 0.1) is 5.92 Å². The van der Waals surface area contributed by atoms with Gasteiger partial charge in [0.25, 0.3) is 0 Å². The van der Waals surface area contributed by atoms with Crippen LogP contribution in [-0.4, -0.2) is 36.7 Å². The zero-order valence-corrected chi connectivity index (χ0v) is 13.2.